The van der Waals surface area contributed by atoms with Crippen LogP contribution >= 0.6 is 0 Å². The van der Waals surface area contributed by atoms with Crippen LogP contribution in [-0.2, 0) is 13.2 Å². The van der Waals surface area contributed by atoms with E-state index in [1.54, 1.807) is 0 Å². The lowest BCUT2D eigenvalue weighted by Crippen LogP contribution is -2.33. The molecule has 4 heteroatoms. The average molecular weight is 379 g/mol. The van der Waals surface area contributed by atoms with Crippen LogP contribution in [0.4, 0.5) is 0 Å². The molecule has 28 heavy (non-hydrogen) atoms. The first kappa shape index (κ1) is 20.0. The Labute approximate surface area is 167 Å². The summed E-state index contributed by atoms with van der Waals surface area (Å²) in [6, 6.07) is 18.3. The lowest BCUT2D eigenvalue weighted by molar-refractivity contribution is 0.0929. The Morgan fingerprint density at radius 3 is 2.50 bits per heavy atom. The SMILES string of the molecule is CCC(C)NC(=O)c1cc2c(OCc3ccccc3)cccc2n1CC(C)C. The molecular weight excluding hydrogens is 348 g/mol. The van der Waals surface area contributed by atoms with Gasteiger partial charge in [-0.05, 0) is 43.0 Å². The van der Waals surface area contributed by atoms with Gasteiger partial charge >= 0.3 is 0 Å². The van der Waals surface area contributed by atoms with Crippen LogP contribution in [0, 0.1) is 5.92 Å². The van der Waals surface area contributed by atoms with Crippen LogP contribution in [0.25, 0.3) is 10.9 Å². The van der Waals surface area contributed by atoms with Gasteiger partial charge in [-0.1, -0.05) is 57.2 Å². The Morgan fingerprint density at radius 2 is 1.82 bits per heavy atom. The fourth-order valence-corrected chi connectivity index (χ4v) is 3.27. The molecule has 0 fully saturated rings. The zero-order valence-electron chi connectivity index (χ0n) is 17.2. The topological polar surface area (TPSA) is 43.3 Å². The normalized spacial score (nSPS) is 12.3. The van der Waals surface area contributed by atoms with Crippen LogP contribution in [-0.4, -0.2) is 16.5 Å². The molecule has 1 atom stereocenters. The van der Waals surface area contributed by atoms with Crippen LogP contribution < -0.4 is 10.1 Å². The third-order valence-electron chi connectivity index (χ3n) is 4.91. The van der Waals surface area contributed by atoms with Crippen molar-refractivity contribution in [1.82, 2.24) is 9.88 Å². The molecule has 0 aliphatic heterocycles. The van der Waals surface area contributed by atoms with Gasteiger partial charge in [-0.15, -0.1) is 0 Å². The maximum absolute atomic E-state index is 12.9. The molecule has 3 aromatic rings. The van der Waals surface area contributed by atoms with E-state index in [0.29, 0.717) is 18.2 Å². The molecule has 0 spiro atoms. The fourth-order valence-electron chi connectivity index (χ4n) is 3.27. The van der Waals surface area contributed by atoms with Gasteiger partial charge in [0, 0.05) is 18.0 Å². The van der Waals surface area contributed by atoms with Gasteiger partial charge in [-0.2, -0.15) is 0 Å². The standard InChI is InChI=1S/C24H30N2O2/c1-5-18(4)25-24(27)22-14-20-21(26(22)15-17(2)3)12-9-13-23(20)28-16-19-10-7-6-8-11-19/h6-14,17-18H,5,15-16H2,1-4H3,(H,25,27). The molecule has 1 unspecified atom stereocenters. The van der Waals surface area contributed by atoms with E-state index >= 15 is 0 Å². The largest absolute Gasteiger partial charge is 0.488 e. The summed E-state index contributed by atoms with van der Waals surface area (Å²) < 4.78 is 8.23. The molecule has 0 aliphatic carbocycles. The first-order chi connectivity index (χ1) is 13.5. The molecule has 2 aromatic carbocycles. The fraction of sp³-hybridized carbons (Fsp3) is 0.375. The van der Waals surface area contributed by atoms with Gasteiger partial charge in [0.25, 0.3) is 5.91 Å². The van der Waals surface area contributed by atoms with Gasteiger partial charge in [0.2, 0.25) is 0 Å². The van der Waals surface area contributed by atoms with Gasteiger partial charge in [0.1, 0.15) is 18.1 Å². The van der Waals surface area contributed by atoms with E-state index in [1.807, 2.05) is 43.3 Å². The first-order valence-electron chi connectivity index (χ1n) is 10.1. The van der Waals surface area contributed by atoms with Crippen LogP contribution in [0.3, 0.4) is 0 Å². The highest BCUT2D eigenvalue weighted by molar-refractivity contribution is 6.00. The summed E-state index contributed by atoms with van der Waals surface area (Å²) in [5, 5.41) is 4.08. The number of carbonyl (C=O) groups is 1. The van der Waals surface area contributed by atoms with Gasteiger partial charge < -0.3 is 14.6 Å². The van der Waals surface area contributed by atoms with Gasteiger partial charge in [0.15, 0.2) is 0 Å². The number of hydrogen-bond donors (Lipinski definition) is 1. The van der Waals surface area contributed by atoms with Crippen LogP contribution in [0.5, 0.6) is 5.75 Å². The van der Waals surface area contributed by atoms with Crippen molar-refractivity contribution in [1.29, 1.82) is 0 Å². The third-order valence-corrected chi connectivity index (χ3v) is 4.91. The quantitative estimate of drug-likeness (QED) is 0.570. The van der Waals surface area contributed by atoms with E-state index in [1.165, 1.54) is 0 Å². The lowest BCUT2D eigenvalue weighted by atomic mass is 10.2. The minimum Gasteiger partial charge on any atom is -0.488 e. The lowest BCUT2D eigenvalue weighted by Gasteiger charge is -2.15. The van der Waals surface area contributed by atoms with E-state index in [-0.39, 0.29) is 11.9 Å². The predicted octanol–water partition coefficient (Wildman–Crippen LogP) is 5.40. The van der Waals surface area contributed by atoms with E-state index in [9.17, 15) is 4.79 Å². The van der Waals surface area contributed by atoms with Crippen molar-refractivity contribution < 1.29 is 9.53 Å². The van der Waals surface area contributed by atoms with Crippen molar-refractivity contribution in [2.45, 2.75) is 53.3 Å². The number of amides is 1. The monoisotopic (exact) mass is 378 g/mol. The number of aromatic nitrogens is 1. The molecule has 3 rings (SSSR count). The van der Waals surface area contributed by atoms with E-state index in [4.69, 9.17) is 4.74 Å². The molecule has 1 N–H and O–H groups in total. The number of nitrogens with zero attached hydrogens (tertiary/aromatic N) is 1. The summed E-state index contributed by atoms with van der Waals surface area (Å²) in [6.45, 7) is 9.72. The highest BCUT2D eigenvalue weighted by Gasteiger charge is 2.19. The van der Waals surface area contributed by atoms with Crippen LogP contribution in [0.2, 0.25) is 0 Å². The molecule has 0 saturated heterocycles. The summed E-state index contributed by atoms with van der Waals surface area (Å²) in [6.07, 6.45) is 0.904. The number of fused-ring (bicyclic) bond motifs is 1. The first-order valence-corrected chi connectivity index (χ1v) is 10.1. The Bertz CT molecular complexity index is 928. The second-order valence-electron chi connectivity index (χ2n) is 7.78. The van der Waals surface area contributed by atoms with Crippen molar-refractivity contribution in [3.05, 3.63) is 65.9 Å². The van der Waals surface area contributed by atoms with Crippen molar-refractivity contribution in [2.75, 3.05) is 0 Å². The average Bonchev–Trinajstić information content (AvgIpc) is 3.05. The van der Waals surface area contributed by atoms with Crippen molar-refractivity contribution in [2.24, 2.45) is 5.92 Å². The Balaban J connectivity index is 1.97. The summed E-state index contributed by atoms with van der Waals surface area (Å²) >= 11 is 0. The molecule has 0 radical (unpaired) electrons. The molecule has 148 valence electrons. The molecule has 0 saturated carbocycles. The molecule has 0 bridgehead atoms. The van der Waals surface area contributed by atoms with Crippen LogP contribution in [0.1, 0.15) is 50.2 Å². The molecule has 1 amide bonds. The van der Waals surface area contributed by atoms with Crippen LogP contribution in [0.15, 0.2) is 54.6 Å². The number of rotatable bonds is 8. The van der Waals surface area contributed by atoms with Gasteiger partial charge in [-0.3, -0.25) is 4.79 Å². The maximum Gasteiger partial charge on any atom is 0.268 e. The molecule has 4 nitrogen and oxygen atoms in total. The van der Waals surface area contributed by atoms with Crippen molar-refractivity contribution in [3.63, 3.8) is 0 Å². The van der Waals surface area contributed by atoms with E-state index < -0.39 is 0 Å². The number of benzene rings is 2. The Morgan fingerprint density at radius 1 is 1.07 bits per heavy atom. The summed E-state index contributed by atoms with van der Waals surface area (Å²) in [4.78, 5) is 12.9. The number of ether oxygens (including phenoxy) is 1. The number of carbonyl (C=O) groups excluding carboxylic acids is 1. The van der Waals surface area contributed by atoms with E-state index in [2.05, 4.69) is 48.9 Å². The summed E-state index contributed by atoms with van der Waals surface area (Å²) in [5.41, 5.74) is 2.85. The van der Waals surface area contributed by atoms with Crippen molar-refractivity contribution in [3.8, 4) is 5.75 Å². The zero-order valence-corrected chi connectivity index (χ0v) is 17.2. The third kappa shape index (κ3) is 4.56. The minimum atomic E-state index is -0.0276. The second-order valence-corrected chi connectivity index (χ2v) is 7.78. The summed E-state index contributed by atoms with van der Waals surface area (Å²) in [5.74, 6) is 1.21. The van der Waals surface area contributed by atoms with Gasteiger partial charge in [-0.25, -0.2) is 0 Å². The molecule has 1 aromatic heterocycles. The zero-order chi connectivity index (χ0) is 20.1. The number of hydrogen-bond acceptors (Lipinski definition) is 2. The second kappa shape index (κ2) is 8.96. The maximum atomic E-state index is 12.9. The Kier molecular flexibility index (Phi) is 6.40. The highest BCUT2D eigenvalue weighted by Crippen LogP contribution is 2.30. The Hall–Kier alpha value is -2.75. The predicted molar refractivity (Wildman–Crippen MR) is 115 cm³/mol. The molecule has 1 heterocycles. The minimum absolute atomic E-state index is 0.0276. The van der Waals surface area contributed by atoms with Gasteiger partial charge in [0.05, 0.1) is 5.52 Å². The number of nitrogens with one attached hydrogen (secondary N) is 1. The van der Waals surface area contributed by atoms with E-state index in [0.717, 1.165) is 35.2 Å². The smallest absolute Gasteiger partial charge is 0.268 e. The van der Waals surface area contributed by atoms with Crippen molar-refractivity contribution >= 4 is 16.8 Å². The molecule has 0 aliphatic rings. The summed E-state index contributed by atoms with van der Waals surface area (Å²) in [7, 11) is 0. The highest BCUT2D eigenvalue weighted by atomic mass is 16.5. The molecular formula is C24H30N2O2.